The van der Waals surface area contributed by atoms with Crippen molar-refractivity contribution in [1.29, 1.82) is 0 Å². The molecule has 0 aromatic carbocycles. The van der Waals surface area contributed by atoms with Crippen LogP contribution >= 0.6 is 0 Å². The Morgan fingerprint density at radius 1 is 1.36 bits per heavy atom. The van der Waals surface area contributed by atoms with Crippen molar-refractivity contribution in [2.75, 3.05) is 0 Å². The van der Waals surface area contributed by atoms with Gasteiger partial charge in [-0.15, -0.1) is 0 Å². The highest BCUT2D eigenvalue weighted by Gasteiger charge is 2.12. The van der Waals surface area contributed by atoms with Gasteiger partial charge in [0.05, 0.1) is 6.26 Å². The number of hydrogen-bond acceptors (Lipinski definition) is 1. The first-order chi connectivity index (χ1) is 4.97. The van der Waals surface area contributed by atoms with Gasteiger partial charge in [-0.3, -0.25) is 0 Å². The summed E-state index contributed by atoms with van der Waals surface area (Å²) in [5, 5.41) is 0. The molecule has 1 aromatic rings. The smallest absolute Gasteiger partial charge is 0.100 e. The second-order valence-electron chi connectivity index (χ2n) is 4.30. The van der Waals surface area contributed by atoms with E-state index in [2.05, 4.69) is 26.8 Å². The Hall–Kier alpha value is -0.720. The molecular formula is C10H16O. The summed E-state index contributed by atoms with van der Waals surface area (Å²) < 4.78 is 5.21. The van der Waals surface area contributed by atoms with Gasteiger partial charge in [-0.1, -0.05) is 20.8 Å². The van der Waals surface area contributed by atoms with Crippen LogP contribution in [0.25, 0.3) is 0 Å². The fraction of sp³-hybridized carbons (Fsp3) is 0.600. The van der Waals surface area contributed by atoms with Gasteiger partial charge in [-0.2, -0.15) is 0 Å². The Kier molecular flexibility index (Phi) is 2.08. The standard InChI is InChI=1S/C10H16O/c1-8-5-9(7-11-8)6-10(2,3)4/h5,7H,6H2,1-4H3. The van der Waals surface area contributed by atoms with Gasteiger partial charge < -0.3 is 4.42 Å². The zero-order chi connectivity index (χ0) is 8.48. The Balaban J connectivity index is 2.65. The molecule has 1 nitrogen and oxygen atoms in total. The van der Waals surface area contributed by atoms with Crippen LogP contribution in [0.15, 0.2) is 16.7 Å². The number of rotatable bonds is 1. The average Bonchev–Trinajstić information content (AvgIpc) is 2.10. The zero-order valence-electron chi connectivity index (χ0n) is 7.77. The van der Waals surface area contributed by atoms with Crippen molar-refractivity contribution in [3.63, 3.8) is 0 Å². The predicted octanol–water partition coefficient (Wildman–Crippen LogP) is 3.18. The van der Waals surface area contributed by atoms with Crippen molar-refractivity contribution in [3.8, 4) is 0 Å². The molecule has 0 bridgehead atoms. The van der Waals surface area contributed by atoms with Crippen molar-refractivity contribution in [1.82, 2.24) is 0 Å². The lowest BCUT2D eigenvalue weighted by molar-refractivity contribution is 0.408. The third kappa shape index (κ3) is 2.79. The minimum absolute atomic E-state index is 0.357. The minimum atomic E-state index is 0.357. The van der Waals surface area contributed by atoms with Crippen molar-refractivity contribution < 1.29 is 4.42 Å². The van der Waals surface area contributed by atoms with E-state index in [1.54, 1.807) is 0 Å². The van der Waals surface area contributed by atoms with Crippen LogP contribution in [0.5, 0.6) is 0 Å². The summed E-state index contributed by atoms with van der Waals surface area (Å²) >= 11 is 0. The fourth-order valence-electron chi connectivity index (χ4n) is 1.20. The van der Waals surface area contributed by atoms with Crippen LogP contribution < -0.4 is 0 Å². The maximum atomic E-state index is 5.21. The molecule has 0 saturated heterocycles. The van der Waals surface area contributed by atoms with E-state index in [-0.39, 0.29) is 0 Å². The Bertz CT molecular complexity index is 227. The van der Waals surface area contributed by atoms with Crippen LogP contribution in [0, 0.1) is 12.3 Å². The van der Waals surface area contributed by atoms with Crippen molar-refractivity contribution in [2.45, 2.75) is 34.1 Å². The van der Waals surface area contributed by atoms with E-state index in [9.17, 15) is 0 Å². The first kappa shape index (κ1) is 8.38. The van der Waals surface area contributed by atoms with Crippen molar-refractivity contribution >= 4 is 0 Å². The predicted molar refractivity (Wildman–Crippen MR) is 46.6 cm³/mol. The summed E-state index contributed by atoms with van der Waals surface area (Å²) in [7, 11) is 0. The summed E-state index contributed by atoms with van der Waals surface area (Å²) in [6.45, 7) is 8.67. The molecule has 0 aliphatic rings. The lowest BCUT2D eigenvalue weighted by Gasteiger charge is -2.15. The van der Waals surface area contributed by atoms with Gasteiger partial charge in [-0.05, 0) is 30.4 Å². The zero-order valence-corrected chi connectivity index (χ0v) is 7.77. The molecule has 0 aliphatic heterocycles. The molecular weight excluding hydrogens is 136 g/mol. The van der Waals surface area contributed by atoms with E-state index in [0.717, 1.165) is 12.2 Å². The third-order valence-corrected chi connectivity index (χ3v) is 1.52. The lowest BCUT2D eigenvalue weighted by atomic mass is 9.89. The third-order valence-electron chi connectivity index (χ3n) is 1.52. The normalized spacial score (nSPS) is 12.0. The molecule has 11 heavy (non-hydrogen) atoms. The summed E-state index contributed by atoms with van der Waals surface area (Å²) in [6.07, 6.45) is 2.94. The Morgan fingerprint density at radius 2 is 2.00 bits per heavy atom. The molecule has 0 saturated carbocycles. The van der Waals surface area contributed by atoms with Gasteiger partial charge in [0, 0.05) is 0 Å². The molecule has 0 N–H and O–H groups in total. The van der Waals surface area contributed by atoms with Crippen molar-refractivity contribution in [3.05, 3.63) is 23.7 Å². The first-order valence-electron chi connectivity index (χ1n) is 4.01. The topological polar surface area (TPSA) is 13.1 Å². The largest absolute Gasteiger partial charge is 0.469 e. The van der Waals surface area contributed by atoms with E-state index in [1.165, 1.54) is 5.56 Å². The molecule has 0 amide bonds. The Labute approximate surface area is 68.4 Å². The number of furan rings is 1. The van der Waals surface area contributed by atoms with Gasteiger partial charge in [0.2, 0.25) is 0 Å². The summed E-state index contributed by atoms with van der Waals surface area (Å²) in [6, 6.07) is 2.10. The minimum Gasteiger partial charge on any atom is -0.469 e. The van der Waals surface area contributed by atoms with Crippen LogP contribution in [0.3, 0.4) is 0 Å². The van der Waals surface area contributed by atoms with Gasteiger partial charge in [0.15, 0.2) is 0 Å². The molecule has 1 rings (SSSR count). The van der Waals surface area contributed by atoms with Crippen LogP contribution in [-0.4, -0.2) is 0 Å². The lowest BCUT2D eigenvalue weighted by Crippen LogP contribution is -2.08. The quantitative estimate of drug-likeness (QED) is 0.602. The van der Waals surface area contributed by atoms with Crippen LogP contribution in [0.4, 0.5) is 0 Å². The van der Waals surface area contributed by atoms with E-state index in [4.69, 9.17) is 4.42 Å². The summed E-state index contributed by atoms with van der Waals surface area (Å²) in [5.41, 5.74) is 1.66. The van der Waals surface area contributed by atoms with E-state index in [1.807, 2.05) is 13.2 Å². The summed E-state index contributed by atoms with van der Waals surface area (Å²) in [5.74, 6) is 1.00. The molecule has 0 radical (unpaired) electrons. The molecule has 0 atom stereocenters. The fourth-order valence-corrected chi connectivity index (χ4v) is 1.20. The molecule has 0 unspecified atom stereocenters. The molecule has 62 valence electrons. The van der Waals surface area contributed by atoms with E-state index < -0.39 is 0 Å². The molecule has 1 heteroatoms. The molecule has 1 heterocycles. The molecule has 0 spiro atoms. The highest BCUT2D eigenvalue weighted by Crippen LogP contribution is 2.21. The summed E-state index contributed by atoms with van der Waals surface area (Å²) in [4.78, 5) is 0. The van der Waals surface area contributed by atoms with Crippen LogP contribution in [-0.2, 0) is 6.42 Å². The number of aryl methyl sites for hydroxylation is 1. The van der Waals surface area contributed by atoms with E-state index >= 15 is 0 Å². The van der Waals surface area contributed by atoms with Gasteiger partial charge in [0.25, 0.3) is 0 Å². The van der Waals surface area contributed by atoms with Gasteiger partial charge in [-0.25, -0.2) is 0 Å². The SMILES string of the molecule is Cc1cc(CC(C)(C)C)co1. The molecule has 0 fully saturated rings. The number of hydrogen-bond donors (Lipinski definition) is 0. The monoisotopic (exact) mass is 152 g/mol. The second kappa shape index (κ2) is 2.72. The van der Waals surface area contributed by atoms with Gasteiger partial charge in [0.1, 0.15) is 5.76 Å². The molecule has 1 aromatic heterocycles. The highest BCUT2D eigenvalue weighted by molar-refractivity contribution is 5.12. The second-order valence-corrected chi connectivity index (χ2v) is 4.30. The Morgan fingerprint density at radius 3 is 2.36 bits per heavy atom. The van der Waals surface area contributed by atoms with Crippen molar-refractivity contribution in [2.24, 2.45) is 5.41 Å². The van der Waals surface area contributed by atoms with Crippen LogP contribution in [0.2, 0.25) is 0 Å². The molecule has 0 aliphatic carbocycles. The highest BCUT2D eigenvalue weighted by atomic mass is 16.3. The maximum absolute atomic E-state index is 5.21. The van der Waals surface area contributed by atoms with Crippen LogP contribution in [0.1, 0.15) is 32.1 Å². The first-order valence-corrected chi connectivity index (χ1v) is 4.01. The maximum Gasteiger partial charge on any atom is 0.100 e. The average molecular weight is 152 g/mol. The van der Waals surface area contributed by atoms with E-state index in [0.29, 0.717) is 5.41 Å². The van der Waals surface area contributed by atoms with Gasteiger partial charge >= 0.3 is 0 Å².